The molecule has 1 fully saturated rings. The van der Waals surface area contributed by atoms with Crippen LogP contribution in [0.3, 0.4) is 0 Å². The maximum atomic E-state index is 12.0. The monoisotopic (exact) mass is 256 g/mol. The predicted molar refractivity (Wildman–Crippen MR) is 74.5 cm³/mol. The van der Waals surface area contributed by atoms with Crippen LogP contribution in [0.1, 0.15) is 20.3 Å². The van der Waals surface area contributed by atoms with Crippen LogP contribution in [0.25, 0.3) is 0 Å². The van der Waals surface area contributed by atoms with Gasteiger partial charge < -0.3 is 15.5 Å². The van der Waals surface area contributed by atoms with Crippen LogP contribution < -0.4 is 5.73 Å². The zero-order chi connectivity index (χ0) is 13.4. The minimum absolute atomic E-state index is 0.257. The van der Waals surface area contributed by atoms with Crippen molar-refractivity contribution in [2.24, 2.45) is 5.73 Å². The van der Waals surface area contributed by atoms with Crippen LogP contribution in [0.4, 0.5) is 0 Å². The molecule has 1 amide bonds. The molecule has 0 radical (unpaired) electrons. The molecule has 0 spiro atoms. The molecule has 0 aliphatic carbocycles. The molecular weight excluding hydrogens is 228 g/mol. The number of nitrogens with two attached hydrogens (primary N) is 1. The van der Waals surface area contributed by atoms with Gasteiger partial charge in [-0.15, -0.1) is 0 Å². The fraction of sp³-hybridized carbons (Fsp3) is 0.923. The standard InChI is InChI=1S/C13H28N4O/c1-3-17(4-2)13(18)12-16-8-5-7-15(9-6-14)10-11-16/h3-12,14H2,1-2H3. The average Bonchev–Trinajstić information content (AvgIpc) is 2.57. The Hall–Kier alpha value is -0.650. The molecule has 1 rings (SSSR count). The van der Waals surface area contributed by atoms with Gasteiger partial charge in [-0.2, -0.15) is 0 Å². The first-order chi connectivity index (χ1) is 8.71. The number of carbonyl (C=O) groups is 1. The van der Waals surface area contributed by atoms with Crippen molar-refractivity contribution in [3.8, 4) is 0 Å². The number of nitrogens with zero attached hydrogens (tertiary/aromatic N) is 3. The summed E-state index contributed by atoms with van der Waals surface area (Å²) in [6.45, 7) is 12.1. The fourth-order valence-electron chi connectivity index (χ4n) is 2.46. The average molecular weight is 256 g/mol. The Morgan fingerprint density at radius 3 is 2.33 bits per heavy atom. The van der Waals surface area contributed by atoms with E-state index in [-0.39, 0.29) is 5.91 Å². The van der Waals surface area contributed by atoms with Gasteiger partial charge >= 0.3 is 0 Å². The van der Waals surface area contributed by atoms with Crippen LogP contribution in [0.15, 0.2) is 0 Å². The van der Waals surface area contributed by atoms with Gasteiger partial charge in [-0.25, -0.2) is 0 Å². The van der Waals surface area contributed by atoms with Gasteiger partial charge in [-0.3, -0.25) is 9.69 Å². The Morgan fingerprint density at radius 1 is 1.11 bits per heavy atom. The Kier molecular flexibility index (Phi) is 7.23. The highest BCUT2D eigenvalue weighted by Gasteiger charge is 2.18. The number of likely N-dealkylation sites (N-methyl/N-ethyl adjacent to an activating group) is 1. The molecule has 1 aliphatic rings. The number of carbonyl (C=O) groups excluding carboxylic acids is 1. The highest BCUT2D eigenvalue weighted by Crippen LogP contribution is 2.03. The Labute approximate surface area is 111 Å². The molecule has 0 aromatic rings. The van der Waals surface area contributed by atoms with Gasteiger partial charge in [0.05, 0.1) is 6.54 Å². The summed E-state index contributed by atoms with van der Waals surface area (Å²) in [6, 6.07) is 0. The minimum atomic E-state index is 0.257. The van der Waals surface area contributed by atoms with Crippen molar-refractivity contribution in [2.75, 3.05) is 58.9 Å². The summed E-state index contributed by atoms with van der Waals surface area (Å²) in [5.74, 6) is 0.257. The topological polar surface area (TPSA) is 52.8 Å². The third kappa shape index (κ3) is 4.92. The van der Waals surface area contributed by atoms with Crippen molar-refractivity contribution in [3.05, 3.63) is 0 Å². The van der Waals surface area contributed by atoms with Crippen molar-refractivity contribution in [3.63, 3.8) is 0 Å². The van der Waals surface area contributed by atoms with Crippen molar-refractivity contribution < 1.29 is 4.79 Å². The molecule has 1 heterocycles. The molecule has 5 heteroatoms. The van der Waals surface area contributed by atoms with Crippen LogP contribution in [0, 0.1) is 0 Å². The van der Waals surface area contributed by atoms with E-state index in [1.165, 1.54) is 0 Å². The van der Waals surface area contributed by atoms with E-state index in [1.807, 2.05) is 18.7 Å². The SMILES string of the molecule is CCN(CC)C(=O)CN1CCCN(CCN)CC1. The third-order valence-electron chi connectivity index (χ3n) is 3.60. The zero-order valence-corrected chi connectivity index (χ0v) is 11.9. The van der Waals surface area contributed by atoms with Crippen molar-refractivity contribution in [1.29, 1.82) is 0 Å². The van der Waals surface area contributed by atoms with Gasteiger partial charge in [0.15, 0.2) is 0 Å². The fourth-order valence-corrected chi connectivity index (χ4v) is 2.46. The van der Waals surface area contributed by atoms with Gasteiger partial charge in [0, 0.05) is 39.3 Å². The maximum absolute atomic E-state index is 12.0. The van der Waals surface area contributed by atoms with Crippen molar-refractivity contribution in [1.82, 2.24) is 14.7 Å². The van der Waals surface area contributed by atoms with Gasteiger partial charge in [-0.1, -0.05) is 0 Å². The summed E-state index contributed by atoms with van der Waals surface area (Å²) in [7, 11) is 0. The summed E-state index contributed by atoms with van der Waals surface area (Å²) in [4.78, 5) is 18.6. The minimum Gasteiger partial charge on any atom is -0.342 e. The molecule has 106 valence electrons. The molecule has 2 N–H and O–H groups in total. The van der Waals surface area contributed by atoms with Gasteiger partial charge in [0.2, 0.25) is 5.91 Å². The van der Waals surface area contributed by atoms with E-state index in [9.17, 15) is 4.79 Å². The number of rotatable bonds is 6. The Balaban J connectivity index is 2.36. The first-order valence-corrected chi connectivity index (χ1v) is 7.13. The van der Waals surface area contributed by atoms with Crippen molar-refractivity contribution in [2.45, 2.75) is 20.3 Å². The molecular formula is C13H28N4O. The lowest BCUT2D eigenvalue weighted by atomic mass is 10.3. The van der Waals surface area contributed by atoms with E-state index >= 15 is 0 Å². The van der Waals surface area contributed by atoms with E-state index in [0.717, 1.165) is 58.8 Å². The third-order valence-corrected chi connectivity index (χ3v) is 3.60. The molecule has 5 nitrogen and oxygen atoms in total. The number of hydrogen-bond donors (Lipinski definition) is 1. The first kappa shape index (κ1) is 15.4. The van der Waals surface area contributed by atoms with Crippen LogP contribution in [-0.4, -0.2) is 79.5 Å². The number of amides is 1. The highest BCUT2D eigenvalue weighted by atomic mass is 16.2. The smallest absolute Gasteiger partial charge is 0.236 e. The maximum Gasteiger partial charge on any atom is 0.236 e. The second-order valence-electron chi connectivity index (χ2n) is 4.83. The van der Waals surface area contributed by atoms with Gasteiger partial charge in [0.1, 0.15) is 0 Å². The molecule has 1 aliphatic heterocycles. The van der Waals surface area contributed by atoms with Crippen LogP contribution in [-0.2, 0) is 4.79 Å². The molecule has 0 atom stereocenters. The van der Waals surface area contributed by atoms with E-state index in [1.54, 1.807) is 0 Å². The normalized spacial score (nSPS) is 18.6. The summed E-state index contributed by atoms with van der Waals surface area (Å²) < 4.78 is 0. The highest BCUT2D eigenvalue weighted by molar-refractivity contribution is 5.78. The lowest BCUT2D eigenvalue weighted by molar-refractivity contribution is -0.132. The van der Waals surface area contributed by atoms with Crippen molar-refractivity contribution >= 4 is 5.91 Å². The first-order valence-electron chi connectivity index (χ1n) is 7.13. The largest absolute Gasteiger partial charge is 0.342 e. The molecule has 0 aromatic carbocycles. The Bertz CT molecular complexity index is 243. The lowest BCUT2D eigenvalue weighted by Gasteiger charge is -2.25. The predicted octanol–water partition coefficient (Wildman–Crippen LogP) is -0.179. The van der Waals surface area contributed by atoms with E-state index < -0.39 is 0 Å². The molecule has 0 unspecified atom stereocenters. The van der Waals surface area contributed by atoms with Crippen LogP contribution >= 0.6 is 0 Å². The molecule has 18 heavy (non-hydrogen) atoms. The quantitative estimate of drug-likeness (QED) is 0.716. The lowest BCUT2D eigenvalue weighted by Crippen LogP contribution is -2.41. The second kappa shape index (κ2) is 8.45. The van der Waals surface area contributed by atoms with E-state index in [4.69, 9.17) is 5.73 Å². The van der Waals surface area contributed by atoms with Gasteiger partial charge in [0.25, 0.3) is 0 Å². The van der Waals surface area contributed by atoms with E-state index in [0.29, 0.717) is 6.54 Å². The zero-order valence-electron chi connectivity index (χ0n) is 11.9. The second-order valence-corrected chi connectivity index (χ2v) is 4.83. The Morgan fingerprint density at radius 2 is 1.72 bits per heavy atom. The summed E-state index contributed by atoms with van der Waals surface area (Å²) in [5, 5.41) is 0. The van der Waals surface area contributed by atoms with Gasteiger partial charge in [-0.05, 0) is 33.4 Å². The summed E-state index contributed by atoms with van der Waals surface area (Å²) >= 11 is 0. The van der Waals surface area contributed by atoms with Crippen LogP contribution in [0.2, 0.25) is 0 Å². The van der Waals surface area contributed by atoms with Crippen LogP contribution in [0.5, 0.6) is 0 Å². The summed E-state index contributed by atoms with van der Waals surface area (Å²) in [6.07, 6.45) is 1.13. The molecule has 0 bridgehead atoms. The van der Waals surface area contributed by atoms with E-state index in [2.05, 4.69) is 9.80 Å². The molecule has 1 saturated heterocycles. The summed E-state index contributed by atoms with van der Waals surface area (Å²) in [5.41, 5.74) is 5.59. The number of hydrogen-bond acceptors (Lipinski definition) is 4. The molecule has 0 aromatic heterocycles. The molecule has 0 saturated carbocycles.